The fraction of sp³-hybridized carbons (Fsp3) is 0.600. The largest absolute Gasteiger partial charge is 0.374 e. The average molecular weight is 284 g/mol. The lowest BCUT2D eigenvalue weighted by molar-refractivity contribution is -0.0454. The molecule has 1 fully saturated rings. The maximum Gasteiger partial charge on any atom is 0.126 e. The van der Waals surface area contributed by atoms with E-state index in [2.05, 4.69) is 17.1 Å². The third kappa shape index (κ3) is 3.75. The molecule has 5 heteroatoms. The summed E-state index contributed by atoms with van der Waals surface area (Å²) in [6, 6.07) is 3.46. The molecule has 1 N–H and O–H groups in total. The van der Waals surface area contributed by atoms with Crippen LogP contribution in [0.3, 0.4) is 0 Å². The van der Waals surface area contributed by atoms with Gasteiger partial charge in [0.05, 0.1) is 18.8 Å². The molecule has 2 atom stereocenters. The van der Waals surface area contributed by atoms with Crippen LogP contribution in [0.25, 0.3) is 0 Å². The number of nitrogens with one attached hydrogen (secondary N) is 1. The second-order valence-electron chi connectivity index (χ2n) is 5.04. The van der Waals surface area contributed by atoms with Crippen LogP contribution in [0.4, 0.5) is 8.78 Å². The maximum absolute atomic E-state index is 13.4. The van der Waals surface area contributed by atoms with Crippen molar-refractivity contribution in [2.75, 3.05) is 32.8 Å². The number of benzene rings is 1. The predicted molar refractivity (Wildman–Crippen MR) is 74.6 cm³/mol. The lowest BCUT2D eigenvalue weighted by Crippen LogP contribution is -2.48. The molecule has 0 aromatic heterocycles. The fourth-order valence-electron chi connectivity index (χ4n) is 2.66. The number of morpholine rings is 1. The Morgan fingerprint density at radius 1 is 1.30 bits per heavy atom. The van der Waals surface area contributed by atoms with Crippen molar-refractivity contribution in [3.8, 4) is 0 Å². The van der Waals surface area contributed by atoms with E-state index in [1.807, 2.05) is 6.92 Å². The first-order valence-corrected chi connectivity index (χ1v) is 7.17. The molecule has 20 heavy (non-hydrogen) atoms. The van der Waals surface area contributed by atoms with Crippen LogP contribution in [-0.2, 0) is 4.74 Å². The molecule has 1 aromatic carbocycles. The van der Waals surface area contributed by atoms with Gasteiger partial charge in [0.25, 0.3) is 0 Å². The molecule has 2 unspecified atom stereocenters. The number of nitrogens with zero attached hydrogens (tertiary/aromatic N) is 1. The number of likely N-dealkylation sites (N-methyl/N-ethyl adjacent to an activating group) is 2. The Hall–Kier alpha value is -1.04. The quantitative estimate of drug-likeness (QED) is 0.898. The van der Waals surface area contributed by atoms with Gasteiger partial charge in [0, 0.05) is 19.2 Å². The molecule has 0 saturated carbocycles. The first-order valence-electron chi connectivity index (χ1n) is 7.17. The van der Waals surface area contributed by atoms with E-state index in [0.29, 0.717) is 12.2 Å². The van der Waals surface area contributed by atoms with Gasteiger partial charge in [-0.05, 0) is 30.8 Å². The van der Waals surface area contributed by atoms with Crippen LogP contribution in [-0.4, -0.2) is 43.8 Å². The molecule has 0 radical (unpaired) electrons. The Morgan fingerprint density at radius 2 is 2.00 bits per heavy atom. The first-order chi connectivity index (χ1) is 9.63. The SMILES string of the molecule is CCNC(c1cc(F)cc(F)c1)C1CN(CC)CCO1. The molecular formula is C15H22F2N2O. The molecular weight excluding hydrogens is 262 g/mol. The summed E-state index contributed by atoms with van der Waals surface area (Å²) in [6.07, 6.45) is -0.0927. The van der Waals surface area contributed by atoms with Crippen molar-refractivity contribution < 1.29 is 13.5 Å². The van der Waals surface area contributed by atoms with Crippen LogP contribution in [0.1, 0.15) is 25.5 Å². The minimum atomic E-state index is -0.550. The topological polar surface area (TPSA) is 24.5 Å². The van der Waals surface area contributed by atoms with Crippen LogP contribution in [0.5, 0.6) is 0 Å². The number of rotatable bonds is 5. The summed E-state index contributed by atoms with van der Waals surface area (Å²) in [6.45, 7) is 8.08. The summed E-state index contributed by atoms with van der Waals surface area (Å²) in [5.74, 6) is -1.10. The number of hydrogen-bond acceptors (Lipinski definition) is 3. The van der Waals surface area contributed by atoms with Crippen molar-refractivity contribution in [1.82, 2.24) is 10.2 Å². The Morgan fingerprint density at radius 3 is 2.60 bits per heavy atom. The monoisotopic (exact) mass is 284 g/mol. The van der Waals surface area contributed by atoms with E-state index in [-0.39, 0.29) is 12.1 Å². The molecule has 1 heterocycles. The third-order valence-corrected chi connectivity index (χ3v) is 3.66. The van der Waals surface area contributed by atoms with Crippen molar-refractivity contribution in [2.24, 2.45) is 0 Å². The van der Waals surface area contributed by atoms with Crippen molar-refractivity contribution in [3.05, 3.63) is 35.4 Å². The zero-order valence-electron chi connectivity index (χ0n) is 12.0. The van der Waals surface area contributed by atoms with Gasteiger partial charge in [-0.25, -0.2) is 8.78 Å². The van der Waals surface area contributed by atoms with Crippen LogP contribution in [0, 0.1) is 11.6 Å². The maximum atomic E-state index is 13.4. The predicted octanol–water partition coefficient (Wildman–Crippen LogP) is 2.34. The van der Waals surface area contributed by atoms with E-state index in [1.165, 1.54) is 12.1 Å². The fourth-order valence-corrected chi connectivity index (χ4v) is 2.66. The minimum Gasteiger partial charge on any atom is -0.374 e. The summed E-state index contributed by atoms with van der Waals surface area (Å²) in [4.78, 5) is 2.29. The molecule has 0 bridgehead atoms. The van der Waals surface area contributed by atoms with Gasteiger partial charge in [-0.1, -0.05) is 13.8 Å². The zero-order valence-corrected chi connectivity index (χ0v) is 12.0. The molecule has 1 aliphatic rings. The lowest BCUT2D eigenvalue weighted by Gasteiger charge is -2.37. The molecule has 112 valence electrons. The smallest absolute Gasteiger partial charge is 0.126 e. The zero-order chi connectivity index (χ0) is 14.5. The van der Waals surface area contributed by atoms with Crippen molar-refractivity contribution in [3.63, 3.8) is 0 Å². The Bertz CT molecular complexity index is 422. The third-order valence-electron chi connectivity index (χ3n) is 3.66. The Labute approximate surface area is 118 Å². The number of hydrogen-bond donors (Lipinski definition) is 1. The second kappa shape index (κ2) is 7.11. The van der Waals surface area contributed by atoms with Gasteiger partial charge in [0.2, 0.25) is 0 Å². The van der Waals surface area contributed by atoms with Crippen molar-refractivity contribution >= 4 is 0 Å². The van der Waals surface area contributed by atoms with Gasteiger partial charge in [-0.15, -0.1) is 0 Å². The summed E-state index contributed by atoms with van der Waals surface area (Å²) < 4.78 is 32.6. The van der Waals surface area contributed by atoms with Crippen LogP contribution in [0.2, 0.25) is 0 Å². The average Bonchev–Trinajstić information content (AvgIpc) is 2.43. The highest BCUT2D eigenvalue weighted by molar-refractivity contribution is 5.23. The van der Waals surface area contributed by atoms with Gasteiger partial charge in [0.1, 0.15) is 11.6 Å². The van der Waals surface area contributed by atoms with Crippen molar-refractivity contribution in [1.29, 1.82) is 0 Å². The van der Waals surface area contributed by atoms with Gasteiger partial charge in [-0.2, -0.15) is 0 Å². The van der Waals surface area contributed by atoms with E-state index in [4.69, 9.17) is 4.74 Å². The van der Waals surface area contributed by atoms with E-state index < -0.39 is 11.6 Å². The standard InChI is InChI=1S/C15H22F2N2O/c1-3-18-15(11-7-12(16)9-13(17)8-11)14-10-19(4-2)5-6-20-14/h7-9,14-15,18H,3-6,10H2,1-2H3. The van der Waals surface area contributed by atoms with Crippen LogP contribution < -0.4 is 5.32 Å². The normalized spacial score (nSPS) is 21.9. The summed E-state index contributed by atoms with van der Waals surface area (Å²) in [5, 5.41) is 3.28. The van der Waals surface area contributed by atoms with E-state index >= 15 is 0 Å². The van der Waals surface area contributed by atoms with Gasteiger partial charge >= 0.3 is 0 Å². The summed E-state index contributed by atoms with van der Waals surface area (Å²) in [7, 11) is 0. The summed E-state index contributed by atoms with van der Waals surface area (Å²) >= 11 is 0. The highest BCUT2D eigenvalue weighted by Gasteiger charge is 2.28. The molecule has 0 aliphatic carbocycles. The highest BCUT2D eigenvalue weighted by Crippen LogP contribution is 2.24. The molecule has 1 aromatic rings. The molecule has 1 saturated heterocycles. The molecule has 3 nitrogen and oxygen atoms in total. The van der Waals surface area contributed by atoms with E-state index in [1.54, 1.807) is 0 Å². The molecule has 2 rings (SSSR count). The Kier molecular flexibility index (Phi) is 5.46. The number of halogens is 2. The lowest BCUT2D eigenvalue weighted by atomic mass is 9.99. The molecule has 0 spiro atoms. The van der Waals surface area contributed by atoms with Crippen molar-refractivity contribution in [2.45, 2.75) is 26.0 Å². The highest BCUT2D eigenvalue weighted by atomic mass is 19.1. The first kappa shape index (κ1) is 15.4. The van der Waals surface area contributed by atoms with Crippen LogP contribution in [0.15, 0.2) is 18.2 Å². The van der Waals surface area contributed by atoms with Gasteiger partial charge in [0.15, 0.2) is 0 Å². The number of ether oxygens (including phenoxy) is 1. The van der Waals surface area contributed by atoms with Gasteiger partial charge < -0.3 is 10.1 Å². The summed E-state index contributed by atoms with van der Waals surface area (Å²) in [5.41, 5.74) is 0.604. The molecule has 0 amide bonds. The Balaban J connectivity index is 2.21. The van der Waals surface area contributed by atoms with E-state index in [0.717, 1.165) is 32.2 Å². The minimum absolute atomic E-state index is 0.0927. The van der Waals surface area contributed by atoms with Gasteiger partial charge in [-0.3, -0.25) is 4.90 Å². The second-order valence-corrected chi connectivity index (χ2v) is 5.04. The molecule has 1 aliphatic heterocycles. The van der Waals surface area contributed by atoms with E-state index in [9.17, 15) is 8.78 Å². The van der Waals surface area contributed by atoms with Crippen LogP contribution >= 0.6 is 0 Å².